The molecule has 2 aromatic heterocycles. The summed E-state index contributed by atoms with van der Waals surface area (Å²) in [7, 11) is 0. The van der Waals surface area contributed by atoms with E-state index in [1.165, 1.54) is 6.20 Å². The number of nitrogens with zero attached hydrogens (tertiary/aromatic N) is 2. The van der Waals surface area contributed by atoms with Crippen molar-refractivity contribution in [2.45, 2.75) is 6.04 Å². The first-order valence-corrected chi connectivity index (χ1v) is 7.46. The summed E-state index contributed by atoms with van der Waals surface area (Å²) < 4.78 is 0. The molecule has 0 aliphatic rings. The summed E-state index contributed by atoms with van der Waals surface area (Å²) in [6, 6.07) is 13.8. The predicted molar refractivity (Wildman–Crippen MR) is 90.2 cm³/mol. The van der Waals surface area contributed by atoms with Gasteiger partial charge in [-0.05, 0) is 17.7 Å². The Bertz CT molecular complexity index is 789. The highest BCUT2D eigenvalue weighted by molar-refractivity contribution is 5.93. The summed E-state index contributed by atoms with van der Waals surface area (Å²) in [6.45, 7) is -0.198. The minimum Gasteiger partial charge on any atom is -0.394 e. The molecule has 122 valence electrons. The maximum atomic E-state index is 12.2. The normalized spacial score (nSPS) is 11.7. The van der Waals surface area contributed by atoms with Crippen LogP contribution in [0.4, 0.5) is 10.5 Å². The van der Waals surface area contributed by atoms with Crippen LogP contribution in [0, 0.1) is 0 Å². The van der Waals surface area contributed by atoms with Crippen molar-refractivity contribution >= 4 is 11.7 Å². The third-order valence-electron chi connectivity index (χ3n) is 3.50. The van der Waals surface area contributed by atoms with E-state index in [0.717, 1.165) is 5.56 Å². The average molecular weight is 323 g/mol. The Morgan fingerprint density at radius 3 is 2.67 bits per heavy atom. The molecule has 2 heterocycles. The second-order valence-electron chi connectivity index (χ2n) is 5.12. The van der Waals surface area contributed by atoms with Crippen LogP contribution in [0.25, 0.3) is 11.4 Å². The maximum Gasteiger partial charge on any atom is 0.319 e. The molecule has 1 atom stereocenters. The maximum absolute atomic E-state index is 12.2. The van der Waals surface area contributed by atoms with Crippen molar-refractivity contribution < 1.29 is 9.90 Å². The van der Waals surface area contributed by atoms with E-state index in [1.807, 2.05) is 48.5 Å². The Balaban J connectivity index is 1.71. The Hall–Kier alpha value is -3.19. The number of anilines is 1. The molecule has 4 N–H and O–H groups in total. The SMILES string of the molecule is O=C(Nc1cn[nH]c1-c1ccccn1)N[C@H](CO)c1ccccc1. The van der Waals surface area contributed by atoms with Gasteiger partial charge in [-0.25, -0.2) is 4.79 Å². The molecule has 3 aromatic rings. The fraction of sp³-hybridized carbons (Fsp3) is 0.118. The standard InChI is InChI=1S/C17H17N5O2/c23-11-15(12-6-2-1-3-7-12)21-17(24)20-14-10-19-22-16(14)13-8-4-5-9-18-13/h1-10,15,23H,11H2,(H,19,22)(H2,20,21,24)/t15-/m1/s1. The van der Waals surface area contributed by atoms with E-state index in [1.54, 1.807) is 6.20 Å². The van der Waals surface area contributed by atoms with Crippen molar-refractivity contribution in [2.75, 3.05) is 11.9 Å². The highest BCUT2D eigenvalue weighted by Crippen LogP contribution is 2.23. The number of H-pyrrole nitrogens is 1. The zero-order chi connectivity index (χ0) is 16.8. The molecule has 0 saturated heterocycles. The van der Waals surface area contributed by atoms with Crippen LogP contribution < -0.4 is 10.6 Å². The number of pyridine rings is 1. The van der Waals surface area contributed by atoms with Gasteiger partial charge in [0.2, 0.25) is 0 Å². The first kappa shape index (κ1) is 15.7. The number of rotatable bonds is 5. The molecule has 7 heteroatoms. The van der Waals surface area contributed by atoms with Crippen molar-refractivity contribution in [3.8, 4) is 11.4 Å². The molecule has 0 saturated carbocycles. The second kappa shape index (κ2) is 7.38. The van der Waals surface area contributed by atoms with Crippen LogP contribution in [0.5, 0.6) is 0 Å². The average Bonchev–Trinajstić information content (AvgIpc) is 3.09. The third-order valence-corrected chi connectivity index (χ3v) is 3.50. The smallest absolute Gasteiger partial charge is 0.319 e. The number of aliphatic hydroxyl groups is 1. The van der Waals surface area contributed by atoms with Gasteiger partial charge in [0.25, 0.3) is 0 Å². The van der Waals surface area contributed by atoms with Crippen molar-refractivity contribution in [1.82, 2.24) is 20.5 Å². The lowest BCUT2D eigenvalue weighted by molar-refractivity contribution is 0.225. The summed E-state index contributed by atoms with van der Waals surface area (Å²) in [6.07, 6.45) is 3.18. The summed E-state index contributed by atoms with van der Waals surface area (Å²) in [5.41, 5.74) is 2.63. The quantitative estimate of drug-likeness (QED) is 0.578. The molecule has 24 heavy (non-hydrogen) atoms. The number of hydrogen-bond acceptors (Lipinski definition) is 4. The molecule has 0 aliphatic heterocycles. The lowest BCUT2D eigenvalue weighted by atomic mass is 10.1. The number of carbonyl (C=O) groups excluding carboxylic acids is 1. The third kappa shape index (κ3) is 3.58. The molecule has 1 aromatic carbocycles. The first-order valence-electron chi connectivity index (χ1n) is 7.46. The van der Waals surface area contributed by atoms with E-state index in [9.17, 15) is 9.90 Å². The predicted octanol–water partition coefficient (Wildman–Crippen LogP) is 2.33. The van der Waals surface area contributed by atoms with Crippen molar-refractivity contribution in [3.63, 3.8) is 0 Å². The van der Waals surface area contributed by atoms with Gasteiger partial charge in [-0.1, -0.05) is 36.4 Å². The van der Waals surface area contributed by atoms with Crippen LogP contribution >= 0.6 is 0 Å². The first-order chi connectivity index (χ1) is 11.8. The number of benzene rings is 1. The van der Waals surface area contributed by atoms with Gasteiger partial charge in [-0.3, -0.25) is 10.1 Å². The summed E-state index contributed by atoms with van der Waals surface area (Å²) in [4.78, 5) is 16.5. The fourth-order valence-electron chi connectivity index (χ4n) is 2.32. The number of nitrogens with one attached hydrogen (secondary N) is 3. The van der Waals surface area contributed by atoms with Gasteiger partial charge in [0.05, 0.1) is 30.2 Å². The summed E-state index contributed by atoms with van der Waals surface area (Å²) >= 11 is 0. The molecule has 2 amide bonds. The van der Waals surface area contributed by atoms with Crippen molar-refractivity contribution in [1.29, 1.82) is 0 Å². The number of aromatic nitrogens is 3. The molecule has 0 spiro atoms. The minimum absolute atomic E-state index is 0.198. The number of amides is 2. The van der Waals surface area contributed by atoms with Gasteiger partial charge < -0.3 is 15.7 Å². The van der Waals surface area contributed by atoms with Gasteiger partial charge in [-0.15, -0.1) is 0 Å². The molecule has 0 radical (unpaired) electrons. The largest absolute Gasteiger partial charge is 0.394 e. The van der Waals surface area contributed by atoms with E-state index in [-0.39, 0.29) is 6.61 Å². The van der Waals surface area contributed by atoms with Crippen LogP contribution in [0.15, 0.2) is 60.9 Å². The van der Waals surface area contributed by atoms with Gasteiger partial charge in [-0.2, -0.15) is 5.10 Å². The molecule has 3 rings (SSSR count). The lowest BCUT2D eigenvalue weighted by Crippen LogP contribution is -2.34. The van der Waals surface area contributed by atoms with E-state index in [2.05, 4.69) is 25.8 Å². The molecule has 0 fully saturated rings. The molecule has 0 aliphatic carbocycles. The summed E-state index contributed by atoms with van der Waals surface area (Å²) in [5.74, 6) is 0. The lowest BCUT2D eigenvalue weighted by Gasteiger charge is -2.17. The highest BCUT2D eigenvalue weighted by atomic mass is 16.3. The van der Waals surface area contributed by atoms with Gasteiger partial charge >= 0.3 is 6.03 Å². The molecular formula is C17H17N5O2. The molecule has 0 unspecified atom stereocenters. The Labute approximate surface area is 138 Å². The topological polar surface area (TPSA) is 103 Å². The number of aliphatic hydroxyl groups excluding tert-OH is 1. The molecule has 0 bridgehead atoms. The van der Waals surface area contributed by atoms with Gasteiger partial charge in [0.15, 0.2) is 0 Å². The number of hydrogen-bond donors (Lipinski definition) is 4. The Morgan fingerprint density at radius 2 is 1.96 bits per heavy atom. The van der Waals surface area contributed by atoms with Crippen molar-refractivity contribution in [3.05, 3.63) is 66.5 Å². The van der Waals surface area contributed by atoms with Crippen LogP contribution in [0.1, 0.15) is 11.6 Å². The van der Waals surface area contributed by atoms with Crippen LogP contribution in [-0.2, 0) is 0 Å². The minimum atomic E-state index is -0.489. The van der Waals surface area contributed by atoms with Crippen molar-refractivity contribution in [2.24, 2.45) is 0 Å². The molecule has 7 nitrogen and oxygen atoms in total. The van der Waals surface area contributed by atoms with Crippen LogP contribution in [0.3, 0.4) is 0 Å². The molecular weight excluding hydrogens is 306 g/mol. The zero-order valence-electron chi connectivity index (χ0n) is 12.8. The van der Waals surface area contributed by atoms with Gasteiger partial charge in [0, 0.05) is 6.20 Å². The summed E-state index contributed by atoms with van der Waals surface area (Å²) in [5, 5.41) is 21.8. The van der Waals surface area contributed by atoms with Crippen LogP contribution in [0.2, 0.25) is 0 Å². The highest BCUT2D eigenvalue weighted by Gasteiger charge is 2.16. The Morgan fingerprint density at radius 1 is 1.17 bits per heavy atom. The van der Waals surface area contributed by atoms with E-state index in [0.29, 0.717) is 17.1 Å². The van der Waals surface area contributed by atoms with E-state index >= 15 is 0 Å². The van der Waals surface area contributed by atoms with E-state index in [4.69, 9.17) is 0 Å². The second-order valence-corrected chi connectivity index (χ2v) is 5.12. The number of urea groups is 1. The Kier molecular flexibility index (Phi) is 4.83. The fourth-order valence-corrected chi connectivity index (χ4v) is 2.32. The zero-order valence-corrected chi connectivity index (χ0v) is 12.8. The monoisotopic (exact) mass is 323 g/mol. The number of aromatic amines is 1. The van der Waals surface area contributed by atoms with E-state index < -0.39 is 12.1 Å². The van der Waals surface area contributed by atoms with Gasteiger partial charge in [0.1, 0.15) is 5.69 Å². The number of carbonyl (C=O) groups is 1. The van der Waals surface area contributed by atoms with Crippen LogP contribution in [-0.4, -0.2) is 32.9 Å².